The molecule has 3 fully saturated rings. The molecule has 4 aliphatic rings. The number of ether oxygens (including phenoxy) is 1. The number of Topliss-reactive ketones (excluding diaryl/α,β-unsaturated/α-hetero) is 1. The second-order valence-electron chi connectivity index (χ2n) is 9.96. The number of carbonyl (C=O) groups excluding carboxylic acids is 2. The van der Waals surface area contributed by atoms with E-state index in [9.17, 15) is 9.59 Å². The number of esters is 1. The number of hydrogen-bond acceptors (Lipinski definition) is 3. The largest absolute Gasteiger partial charge is 0.463 e. The maximum absolute atomic E-state index is 12.2. The highest BCUT2D eigenvalue weighted by atomic mass is 16.5. The van der Waals surface area contributed by atoms with Crippen LogP contribution in [0.5, 0.6) is 0 Å². The van der Waals surface area contributed by atoms with Crippen molar-refractivity contribution in [2.45, 2.75) is 91.6 Å². The zero-order valence-electron chi connectivity index (χ0n) is 16.9. The van der Waals surface area contributed by atoms with Gasteiger partial charge in [0.15, 0.2) is 0 Å². The summed E-state index contributed by atoms with van der Waals surface area (Å²) in [6.07, 6.45) is 10.4. The van der Waals surface area contributed by atoms with Crippen molar-refractivity contribution < 1.29 is 14.3 Å². The van der Waals surface area contributed by atoms with Gasteiger partial charge >= 0.3 is 5.97 Å². The first kappa shape index (κ1) is 18.3. The highest BCUT2D eigenvalue weighted by molar-refractivity contribution is 5.80. The van der Waals surface area contributed by atoms with Gasteiger partial charge < -0.3 is 4.74 Å². The molecule has 3 saturated carbocycles. The van der Waals surface area contributed by atoms with Crippen molar-refractivity contribution in [1.29, 1.82) is 0 Å². The Balaban J connectivity index is 1.62. The maximum atomic E-state index is 12.2. The first-order valence-corrected chi connectivity index (χ1v) is 10.7. The molecule has 4 rings (SSSR count). The Hall–Kier alpha value is -1.12. The average Bonchev–Trinajstić information content (AvgIpc) is 2.92. The Kier molecular flexibility index (Phi) is 4.36. The van der Waals surface area contributed by atoms with Gasteiger partial charge in [0.2, 0.25) is 0 Å². The number of allylic oxidation sites excluding steroid dienone is 2. The molecule has 0 unspecified atom stereocenters. The van der Waals surface area contributed by atoms with Crippen LogP contribution in [-0.2, 0) is 14.3 Å². The molecule has 4 aliphatic carbocycles. The smallest absolute Gasteiger partial charge is 0.302 e. The van der Waals surface area contributed by atoms with Crippen LogP contribution in [-0.4, -0.2) is 17.9 Å². The van der Waals surface area contributed by atoms with Crippen LogP contribution in [0.1, 0.15) is 85.5 Å². The Morgan fingerprint density at radius 3 is 2.46 bits per heavy atom. The molecule has 6 atom stereocenters. The molecule has 0 spiro atoms. The van der Waals surface area contributed by atoms with E-state index in [4.69, 9.17) is 4.74 Å². The summed E-state index contributed by atoms with van der Waals surface area (Å²) in [6.45, 7) is 8.21. The van der Waals surface area contributed by atoms with E-state index in [-0.39, 0.29) is 23.4 Å². The molecule has 0 radical (unpaired) electrons. The van der Waals surface area contributed by atoms with E-state index in [0.717, 1.165) is 25.7 Å². The minimum Gasteiger partial charge on any atom is -0.463 e. The molecule has 3 heteroatoms. The fourth-order valence-corrected chi connectivity index (χ4v) is 7.45. The van der Waals surface area contributed by atoms with E-state index in [0.29, 0.717) is 23.0 Å². The molecule has 0 aromatic rings. The summed E-state index contributed by atoms with van der Waals surface area (Å²) in [7, 11) is 0. The van der Waals surface area contributed by atoms with Crippen LogP contribution >= 0.6 is 0 Å². The molecule has 3 nitrogen and oxygen atoms in total. The van der Waals surface area contributed by atoms with E-state index in [1.807, 2.05) is 0 Å². The van der Waals surface area contributed by atoms with Crippen LogP contribution in [0.3, 0.4) is 0 Å². The number of carbonyl (C=O) groups is 2. The predicted octanol–water partition coefficient (Wildman–Crippen LogP) is 5.23. The molecule has 144 valence electrons. The summed E-state index contributed by atoms with van der Waals surface area (Å²) >= 11 is 0. The third-order valence-electron chi connectivity index (χ3n) is 8.77. The summed E-state index contributed by atoms with van der Waals surface area (Å²) in [5.74, 6) is 1.86. The van der Waals surface area contributed by atoms with Gasteiger partial charge in [-0.3, -0.25) is 9.59 Å². The molecule has 26 heavy (non-hydrogen) atoms. The average molecular weight is 359 g/mol. The molecule has 0 aliphatic heterocycles. The lowest BCUT2D eigenvalue weighted by molar-refractivity contribution is -0.152. The predicted molar refractivity (Wildman–Crippen MR) is 101 cm³/mol. The van der Waals surface area contributed by atoms with Crippen LogP contribution < -0.4 is 0 Å². The highest BCUT2D eigenvalue weighted by Gasteiger charge is 2.56. The fraction of sp³-hybridized carbons (Fsp3) is 0.826. The van der Waals surface area contributed by atoms with Gasteiger partial charge in [-0.2, -0.15) is 0 Å². The first-order valence-electron chi connectivity index (χ1n) is 10.7. The number of fused-ring (bicyclic) bond motifs is 4. The van der Waals surface area contributed by atoms with Crippen LogP contribution in [0.25, 0.3) is 0 Å². The van der Waals surface area contributed by atoms with Gasteiger partial charge in [-0.05, 0) is 87.4 Å². The molecule has 0 aromatic heterocycles. The van der Waals surface area contributed by atoms with Gasteiger partial charge in [-0.25, -0.2) is 0 Å². The minimum atomic E-state index is -0.133. The van der Waals surface area contributed by atoms with Crippen molar-refractivity contribution in [3.05, 3.63) is 11.1 Å². The summed E-state index contributed by atoms with van der Waals surface area (Å²) in [5.41, 5.74) is 3.88. The Labute approximate surface area is 157 Å². The molecule has 0 amide bonds. The Bertz CT molecular complexity index is 662. The summed E-state index contributed by atoms with van der Waals surface area (Å²) in [5, 5.41) is 0. The van der Waals surface area contributed by atoms with E-state index >= 15 is 0 Å². The highest BCUT2D eigenvalue weighted by Crippen LogP contribution is 2.65. The van der Waals surface area contributed by atoms with Crippen LogP contribution in [0, 0.1) is 28.6 Å². The Morgan fingerprint density at radius 2 is 1.77 bits per heavy atom. The van der Waals surface area contributed by atoms with E-state index < -0.39 is 0 Å². The minimum absolute atomic E-state index is 0.127. The zero-order valence-corrected chi connectivity index (χ0v) is 16.9. The SMILES string of the molecule is CC(=O)O[C@H]1CC[C@@]2(C)[C@H](CCC3=C4CC[C@H](C(C)=O)[C@@]4(C)CC[C@@H]32)C1. The summed E-state index contributed by atoms with van der Waals surface area (Å²) in [6, 6.07) is 0. The molecule has 0 bridgehead atoms. The van der Waals surface area contributed by atoms with Gasteiger partial charge in [0, 0.05) is 12.8 Å². The zero-order chi connectivity index (χ0) is 18.7. The fourth-order valence-electron chi connectivity index (χ4n) is 7.45. The van der Waals surface area contributed by atoms with Crippen molar-refractivity contribution in [3.8, 4) is 0 Å². The summed E-state index contributed by atoms with van der Waals surface area (Å²) in [4.78, 5) is 23.6. The van der Waals surface area contributed by atoms with Crippen molar-refractivity contribution in [2.24, 2.45) is 28.6 Å². The molecule has 0 aromatic carbocycles. The lowest BCUT2D eigenvalue weighted by Gasteiger charge is -2.56. The monoisotopic (exact) mass is 358 g/mol. The third kappa shape index (κ3) is 2.60. The maximum Gasteiger partial charge on any atom is 0.302 e. The van der Waals surface area contributed by atoms with Gasteiger partial charge in [0.05, 0.1) is 0 Å². The lowest BCUT2D eigenvalue weighted by atomic mass is 9.49. The molecular formula is C23H34O3. The Morgan fingerprint density at radius 1 is 1.00 bits per heavy atom. The molecule has 0 heterocycles. The lowest BCUT2D eigenvalue weighted by Crippen LogP contribution is -2.48. The van der Waals surface area contributed by atoms with Crippen LogP contribution in [0.15, 0.2) is 11.1 Å². The van der Waals surface area contributed by atoms with Gasteiger partial charge in [0.1, 0.15) is 11.9 Å². The van der Waals surface area contributed by atoms with Crippen molar-refractivity contribution in [1.82, 2.24) is 0 Å². The van der Waals surface area contributed by atoms with Crippen LogP contribution in [0.4, 0.5) is 0 Å². The van der Waals surface area contributed by atoms with E-state index in [2.05, 4.69) is 13.8 Å². The van der Waals surface area contributed by atoms with Crippen molar-refractivity contribution in [2.75, 3.05) is 0 Å². The molecule has 0 N–H and O–H groups in total. The second kappa shape index (κ2) is 6.21. The molecular weight excluding hydrogens is 324 g/mol. The van der Waals surface area contributed by atoms with Crippen LogP contribution in [0.2, 0.25) is 0 Å². The van der Waals surface area contributed by atoms with Gasteiger partial charge in [-0.15, -0.1) is 0 Å². The number of hydrogen-bond donors (Lipinski definition) is 0. The standard InChI is InChI=1S/C23H34O3/c1-14(24)19-7-8-20-18-6-5-16-13-17(26-15(2)25)9-11-22(16,3)21(18)10-12-23(19,20)4/h16-17,19,21H,5-13H2,1-4H3/t16-,17+,19-,21+,22+,23-/m1/s1. The summed E-state index contributed by atoms with van der Waals surface area (Å²) < 4.78 is 5.56. The van der Waals surface area contributed by atoms with Crippen molar-refractivity contribution in [3.63, 3.8) is 0 Å². The molecule has 0 saturated heterocycles. The van der Waals surface area contributed by atoms with E-state index in [1.165, 1.54) is 39.0 Å². The van der Waals surface area contributed by atoms with Crippen molar-refractivity contribution >= 4 is 11.8 Å². The van der Waals surface area contributed by atoms with Gasteiger partial charge in [-0.1, -0.05) is 25.0 Å². The van der Waals surface area contributed by atoms with Gasteiger partial charge in [0.25, 0.3) is 0 Å². The normalized spacial score (nSPS) is 44.8. The second-order valence-corrected chi connectivity index (χ2v) is 9.96. The first-order chi connectivity index (χ1) is 12.3. The van der Waals surface area contributed by atoms with E-state index in [1.54, 1.807) is 18.1 Å². The third-order valence-corrected chi connectivity index (χ3v) is 8.77. The quantitative estimate of drug-likeness (QED) is 0.501. The number of rotatable bonds is 2. The topological polar surface area (TPSA) is 43.4 Å². The number of ketones is 1.